The maximum Gasteiger partial charge on any atom is 0.466 e. The van der Waals surface area contributed by atoms with Crippen LogP contribution in [0.4, 0.5) is 17.5 Å². The van der Waals surface area contributed by atoms with Crippen LogP contribution in [0.25, 0.3) is 0 Å². The third kappa shape index (κ3) is 3.23. The molecule has 2 heterocycles. The molecule has 0 amide bonds. The number of rotatable bonds is 4. The summed E-state index contributed by atoms with van der Waals surface area (Å²) in [6, 6.07) is 0.0190. The minimum atomic E-state index is -4.72. The molecule has 12 heteroatoms. The molecule has 1 aliphatic carbocycles. The van der Waals surface area contributed by atoms with Gasteiger partial charge in [0.15, 0.2) is 5.82 Å². The Labute approximate surface area is 131 Å². The highest BCUT2D eigenvalue weighted by molar-refractivity contribution is 7.80. The lowest BCUT2D eigenvalue weighted by molar-refractivity contribution is 0.248. The topological polar surface area (TPSA) is 166 Å². The molecule has 0 saturated heterocycles. The molecular weight excluding hydrogens is 328 g/mol. The molecule has 0 fully saturated rings. The molecule has 126 valence electrons. The van der Waals surface area contributed by atoms with Crippen molar-refractivity contribution in [3.8, 4) is 0 Å². The van der Waals surface area contributed by atoms with Crippen molar-refractivity contribution in [1.82, 2.24) is 9.97 Å². The van der Waals surface area contributed by atoms with Crippen molar-refractivity contribution < 1.29 is 22.4 Å². The normalized spacial score (nSPS) is 23.9. The van der Waals surface area contributed by atoms with Crippen molar-refractivity contribution in [1.29, 1.82) is 0 Å². The summed E-state index contributed by atoms with van der Waals surface area (Å²) in [4.78, 5) is 8.68. The molecule has 11 nitrogen and oxygen atoms in total. The monoisotopic (exact) mass is 344 g/mol. The number of nitrogens with one attached hydrogen (secondary N) is 2. The van der Waals surface area contributed by atoms with Gasteiger partial charge in [-0.05, 0) is 11.6 Å². The van der Waals surface area contributed by atoms with Gasteiger partial charge in [-0.3, -0.25) is 4.55 Å². The van der Waals surface area contributed by atoms with Crippen LogP contribution < -0.4 is 21.4 Å². The predicted molar refractivity (Wildman–Crippen MR) is 80.3 cm³/mol. The van der Waals surface area contributed by atoms with E-state index in [1.54, 1.807) is 0 Å². The van der Waals surface area contributed by atoms with Crippen LogP contribution in [-0.2, 0) is 14.7 Å². The first-order chi connectivity index (χ1) is 10.9. The molecule has 1 aromatic heterocycles. The number of nitrogen functional groups attached to an aromatic ring is 1. The molecule has 2 unspecified atom stereocenters. The van der Waals surface area contributed by atoms with Gasteiger partial charge in [-0.25, -0.2) is 4.28 Å². The van der Waals surface area contributed by atoms with E-state index in [0.717, 1.165) is 6.42 Å². The number of anilines is 3. The number of H-pyrrole nitrogens is 1. The van der Waals surface area contributed by atoms with Crippen molar-refractivity contribution in [2.24, 2.45) is 11.1 Å². The minimum Gasteiger partial charge on any atom is -0.396 e. The molecule has 2 atom stereocenters. The van der Waals surface area contributed by atoms with Gasteiger partial charge in [0.2, 0.25) is 11.4 Å². The Kier molecular flexibility index (Phi) is 3.87. The van der Waals surface area contributed by atoms with Gasteiger partial charge in [0, 0.05) is 12.5 Å². The summed E-state index contributed by atoms with van der Waals surface area (Å²) in [5.74, 6) is 0.576. The fourth-order valence-corrected chi connectivity index (χ4v) is 2.81. The van der Waals surface area contributed by atoms with Crippen molar-refractivity contribution >= 4 is 27.9 Å². The molecule has 0 aromatic carbocycles. The highest BCUT2D eigenvalue weighted by atomic mass is 32.3. The van der Waals surface area contributed by atoms with Crippen molar-refractivity contribution in [3.63, 3.8) is 0 Å². The Balaban J connectivity index is 1.95. The molecule has 23 heavy (non-hydrogen) atoms. The summed E-state index contributed by atoms with van der Waals surface area (Å²) in [6.07, 6.45) is 4.64. The molecule has 0 spiro atoms. The van der Waals surface area contributed by atoms with Crippen LogP contribution in [0.3, 0.4) is 0 Å². The lowest BCUT2D eigenvalue weighted by atomic mass is 10.1. The Bertz CT molecular complexity index is 804. The predicted octanol–water partition coefficient (Wildman–Crippen LogP) is -1.25. The third-order valence-electron chi connectivity index (χ3n) is 3.64. The lowest BCUT2D eigenvalue weighted by Crippen LogP contribution is -2.33. The first kappa shape index (κ1) is 15.6. The zero-order valence-electron chi connectivity index (χ0n) is 11.9. The minimum absolute atomic E-state index is 0.00619. The van der Waals surface area contributed by atoms with Gasteiger partial charge in [-0.15, -0.1) is 0 Å². The second kappa shape index (κ2) is 5.72. The first-order valence-electron chi connectivity index (χ1n) is 6.77. The van der Waals surface area contributed by atoms with Crippen LogP contribution in [0.1, 0.15) is 6.42 Å². The van der Waals surface area contributed by atoms with E-state index < -0.39 is 10.4 Å². The smallest absolute Gasteiger partial charge is 0.396 e. The SMILES string of the molecule is Nc1nc2c(/c(=N/OS(=O)(=O)O)[nH]1)NCN2C1C=CC(CO)C1. The van der Waals surface area contributed by atoms with Gasteiger partial charge in [0.05, 0.1) is 12.7 Å². The molecule has 0 saturated carbocycles. The maximum absolute atomic E-state index is 10.6. The van der Waals surface area contributed by atoms with E-state index in [2.05, 4.69) is 24.7 Å². The Morgan fingerprint density at radius 1 is 1.52 bits per heavy atom. The number of fused-ring (bicyclic) bond motifs is 1. The average Bonchev–Trinajstić information content (AvgIpc) is 3.09. The summed E-state index contributed by atoms with van der Waals surface area (Å²) < 4.78 is 33.9. The molecule has 1 aliphatic heterocycles. The van der Waals surface area contributed by atoms with Crippen molar-refractivity contribution in [2.75, 3.05) is 29.2 Å². The van der Waals surface area contributed by atoms with Crippen LogP contribution in [0.15, 0.2) is 17.3 Å². The molecule has 0 radical (unpaired) electrons. The van der Waals surface area contributed by atoms with Gasteiger partial charge in [-0.2, -0.15) is 13.4 Å². The van der Waals surface area contributed by atoms with Crippen LogP contribution >= 0.6 is 0 Å². The average molecular weight is 344 g/mol. The standard InChI is InChI=1S/C11H16N6O5S/c12-11-14-9(16-22-23(19,20)21)8-10(15-11)17(5-13-8)7-2-1-6(3-7)4-18/h1-2,6-7,13,18H,3-5H2,(H,19,20,21)(H3,12,14,15,16). The number of aromatic nitrogens is 2. The van der Waals surface area contributed by atoms with E-state index in [1.807, 2.05) is 17.1 Å². The fourth-order valence-electron chi connectivity index (χ4n) is 2.64. The third-order valence-corrected chi connectivity index (χ3v) is 3.90. The highest BCUT2D eigenvalue weighted by Gasteiger charge is 2.31. The van der Waals surface area contributed by atoms with Gasteiger partial charge < -0.3 is 26.0 Å². The lowest BCUT2D eigenvalue weighted by Gasteiger charge is -2.24. The van der Waals surface area contributed by atoms with Crippen molar-refractivity contribution in [2.45, 2.75) is 12.5 Å². The van der Waals surface area contributed by atoms with E-state index >= 15 is 0 Å². The molecule has 3 rings (SSSR count). The maximum atomic E-state index is 10.6. The number of aliphatic hydroxyl groups is 1. The summed E-state index contributed by atoms with van der Waals surface area (Å²) in [5, 5.41) is 15.6. The van der Waals surface area contributed by atoms with E-state index in [1.165, 1.54) is 0 Å². The number of nitrogens with zero attached hydrogens (tertiary/aromatic N) is 3. The molecule has 1 aromatic rings. The highest BCUT2D eigenvalue weighted by Crippen LogP contribution is 2.32. The molecule has 0 bridgehead atoms. The molecular formula is C11H16N6O5S. The summed E-state index contributed by atoms with van der Waals surface area (Å²) in [6.45, 7) is 0.475. The largest absolute Gasteiger partial charge is 0.466 e. The number of hydrogen-bond donors (Lipinski definition) is 5. The Morgan fingerprint density at radius 3 is 2.96 bits per heavy atom. The summed E-state index contributed by atoms with van der Waals surface area (Å²) in [5.41, 5.74) is 6.08. The van der Waals surface area contributed by atoms with Crippen LogP contribution in [0.2, 0.25) is 0 Å². The van der Waals surface area contributed by atoms with E-state index in [9.17, 15) is 13.5 Å². The Hall–Kier alpha value is -2.31. The van der Waals surface area contributed by atoms with Crippen LogP contribution in [-0.4, -0.2) is 47.4 Å². The second-order valence-electron chi connectivity index (χ2n) is 5.20. The van der Waals surface area contributed by atoms with Crippen molar-refractivity contribution in [3.05, 3.63) is 17.6 Å². The zero-order chi connectivity index (χ0) is 16.6. The van der Waals surface area contributed by atoms with Gasteiger partial charge in [0.1, 0.15) is 5.69 Å². The zero-order valence-corrected chi connectivity index (χ0v) is 12.7. The van der Waals surface area contributed by atoms with Gasteiger partial charge in [0.25, 0.3) is 0 Å². The number of nitrogens with two attached hydrogens (primary N) is 1. The van der Waals surface area contributed by atoms with Gasteiger partial charge >= 0.3 is 10.4 Å². The summed E-state index contributed by atoms with van der Waals surface area (Å²) in [7, 11) is -4.72. The summed E-state index contributed by atoms with van der Waals surface area (Å²) >= 11 is 0. The molecule has 2 aliphatic rings. The molecule has 6 N–H and O–H groups in total. The first-order valence-corrected chi connectivity index (χ1v) is 8.13. The van der Waals surface area contributed by atoms with Crippen LogP contribution in [0, 0.1) is 5.92 Å². The number of aliphatic hydroxyl groups excluding tert-OH is 1. The van der Waals surface area contributed by atoms with E-state index in [-0.39, 0.29) is 30.0 Å². The fraction of sp³-hybridized carbons (Fsp3) is 0.455. The van der Waals surface area contributed by atoms with Crippen LogP contribution in [0.5, 0.6) is 0 Å². The van der Waals surface area contributed by atoms with E-state index in [0.29, 0.717) is 18.2 Å². The quantitative estimate of drug-likeness (QED) is 0.255. The van der Waals surface area contributed by atoms with E-state index in [4.69, 9.17) is 10.3 Å². The number of aromatic amines is 1. The second-order valence-corrected chi connectivity index (χ2v) is 6.20. The van der Waals surface area contributed by atoms with Gasteiger partial charge in [-0.1, -0.05) is 12.2 Å². The number of hydrogen-bond acceptors (Lipinski definition) is 9. The Morgan fingerprint density at radius 2 is 2.30 bits per heavy atom.